The van der Waals surface area contributed by atoms with Crippen molar-refractivity contribution in [2.75, 3.05) is 30.9 Å². The molecule has 2 aromatic heterocycles. The van der Waals surface area contributed by atoms with Gasteiger partial charge in [0, 0.05) is 33.1 Å². The van der Waals surface area contributed by atoms with Crippen LogP contribution in [0, 0.1) is 5.41 Å². The summed E-state index contributed by atoms with van der Waals surface area (Å²) in [6, 6.07) is 0. The third-order valence-electron chi connectivity index (χ3n) is 3.35. The highest BCUT2D eigenvalue weighted by Crippen LogP contribution is 2.40. The van der Waals surface area contributed by atoms with E-state index in [0.29, 0.717) is 6.54 Å². The van der Waals surface area contributed by atoms with E-state index in [9.17, 15) is 0 Å². The zero-order valence-corrected chi connectivity index (χ0v) is 14.7. The standard InChI is InChI=1S/C18H21N5S/c1-4-5-7-14(8-6-10-19)9-11-23(3)17-16-15(12-21-13-22-16)24-18(17)20-2/h4-10,12-13,19-20H,1,11H2,2-3H3/b7-5-,8-6-,14-9+,19-10?. The molecule has 2 N–H and O–H groups in total. The minimum absolute atomic E-state index is 0.712. The van der Waals surface area contributed by atoms with Crippen molar-refractivity contribution in [3.63, 3.8) is 0 Å². The molecule has 0 amide bonds. The van der Waals surface area contributed by atoms with Crippen LogP contribution in [0.25, 0.3) is 10.2 Å². The van der Waals surface area contributed by atoms with Crippen LogP contribution in [0.15, 0.2) is 61.1 Å². The van der Waals surface area contributed by atoms with Gasteiger partial charge in [0.05, 0.1) is 10.4 Å². The topological polar surface area (TPSA) is 64.9 Å². The van der Waals surface area contributed by atoms with Crippen molar-refractivity contribution >= 4 is 38.5 Å². The summed E-state index contributed by atoms with van der Waals surface area (Å²) in [6.07, 6.45) is 16.0. The monoisotopic (exact) mass is 339 g/mol. The number of hydrogen-bond acceptors (Lipinski definition) is 6. The minimum atomic E-state index is 0.712. The second kappa shape index (κ2) is 8.79. The van der Waals surface area contributed by atoms with Crippen LogP contribution in [0.3, 0.4) is 0 Å². The molecule has 0 aliphatic rings. The maximum Gasteiger partial charge on any atom is 0.116 e. The van der Waals surface area contributed by atoms with Gasteiger partial charge < -0.3 is 15.6 Å². The molecule has 0 unspecified atom stereocenters. The smallest absolute Gasteiger partial charge is 0.116 e. The number of fused-ring (bicyclic) bond motifs is 1. The molecule has 0 radical (unpaired) electrons. The average molecular weight is 339 g/mol. The van der Waals surface area contributed by atoms with E-state index < -0.39 is 0 Å². The number of anilines is 2. The lowest BCUT2D eigenvalue weighted by Gasteiger charge is -2.18. The van der Waals surface area contributed by atoms with Gasteiger partial charge in [-0.05, 0) is 11.6 Å². The highest BCUT2D eigenvalue weighted by atomic mass is 32.1. The number of rotatable bonds is 8. The van der Waals surface area contributed by atoms with E-state index in [1.165, 1.54) is 6.21 Å². The van der Waals surface area contributed by atoms with E-state index >= 15 is 0 Å². The number of nitrogens with one attached hydrogen (secondary N) is 2. The number of likely N-dealkylation sites (N-methyl/N-ethyl adjacent to an activating group) is 1. The van der Waals surface area contributed by atoms with Crippen LogP contribution in [0.1, 0.15) is 0 Å². The first-order valence-corrected chi connectivity index (χ1v) is 8.30. The van der Waals surface area contributed by atoms with Gasteiger partial charge in [0.15, 0.2) is 0 Å². The minimum Gasteiger partial charge on any atom is -0.378 e. The summed E-state index contributed by atoms with van der Waals surface area (Å²) in [4.78, 5) is 10.7. The Balaban J connectivity index is 2.31. The van der Waals surface area contributed by atoms with Crippen LogP contribution in [0.2, 0.25) is 0 Å². The predicted molar refractivity (Wildman–Crippen MR) is 106 cm³/mol. The first-order chi connectivity index (χ1) is 11.7. The van der Waals surface area contributed by atoms with Gasteiger partial charge in [-0.3, -0.25) is 0 Å². The number of nitrogens with zero attached hydrogens (tertiary/aromatic N) is 3. The van der Waals surface area contributed by atoms with E-state index in [0.717, 1.165) is 26.5 Å². The van der Waals surface area contributed by atoms with Gasteiger partial charge in [0.2, 0.25) is 0 Å². The number of hydrogen-bond donors (Lipinski definition) is 2. The molecule has 124 valence electrons. The van der Waals surface area contributed by atoms with Crippen LogP contribution in [0.4, 0.5) is 10.7 Å². The van der Waals surface area contributed by atoms with E-state index in [1.54, 1.807) is 29.8 Å². The SMILES string of the molecule is C=C\C=C/C(/C=C\C=N)=C\CN(C)c1c(NC)sc2cncnc12. The summed E-state index contributed by atoms with van der Waals surface area (Å²) in [5.74, 6) is 0. The number of allylic oxidation sites excluding steroid dienone is 6. The van der Waals surface area contributed by atoms with Crippen LogP contribution in [-0.4, -0.2) is 36.8 Å². The maximum absolute atomic E-state index is 7.13. The van der Waals surface area contributed by atoms with Crippen LogP contribution in [0.5, 0.6) is 0 Å². The lowest BCUT2D eigenvalue weighted by molar-refractivity contribution is 1.03. The molecule has 0 atom stereocenters. The van der Waals surface area contributed by atoms with Gasteiger partial charge >= 0.3 is 0 Å². The second-order valence-corrected chi connectivity index (χ2v) is 6.02. The van der Waals surface area contributed by atoms with Gasteiger partial charge in [0.1, 0.15) is 16.8 Å². The third kappa shape index (κ3) is 4.17. The molecule has 0 aliphatic carbocycles. The zero-order valence-electron chi connectivity index (χ0n) is 13.9. The van der Waals surface area contributed by atoms with Crippen molar-refractivity contribution in [2.45, 2.75) is 0 Å². The summed E-state index contributed by atoms with van der Waals surface area (Å²) >= 11 is 1.64. The van der Waals surface area contributed by atoms with Crippen LogP contribution < -0.4 is 10.2 Å². The Morgan fingerprint density at radius 2 is 2.21 bits per heavy atom. The predicted octanol–water partition coefficient (Wildman–Crippen LogP) is 4.04. The van der Waals surface area contributed by atoms with Gasteiger partial charge in [-0.1, -0.05) is 37.0 Å². The van der Waals surface area contributed by atoms with E-state index in [2.05, 4.69) is 32.8 Å². The summed E-state index contributed by atoms with van der Waals surface area (Å²) in [5.41, 5.74) is 3.04. The quantitative estimate of drug-likeness (QED) is 0.563. The van der Waals surface area contributed by atoms with Crippen molar-refractivity contribution in [3.8, 4) is 0 Å². The van der Waals surface area contributed by atoms with E-state index in [-0.39, 0.29) is 0 Å². The molecule has 0 bridgehead atoms. The Kier molecular flexibility index (Phi) is 6.45. The van der Waals surface area contributed by atoms with Gasteiger partial charge in [-0.2, -0.15) is 0 Å². The first kappa shape index (κ1) is 17.6. The molecule has 0 aliphatic heterocycles. The molecule has 2 heterocycles. The fraction of sp³-hybridized carbons (Fsp3) is 0.167. The third-order valence-corrected chi connectivity index (χ3v) is 4.47. The lowest BCUT2D eigenvalue weighted by atomic mass is 10.2. The molecule has 0 saturated heterocycles. The largest absolute Gasteiger partial charge is 0.378 e. The fourth-order valence-corrected chi connectivity index (χ4v) is 3.25. The number of thiophene rings is 1. The summed E-state index contributed by atoms with van der Waals surface area (Å²) in [5, 5.41) is 11.4. The molecule has 6 heteroatoms. The number of aromatic nitrogens is 2. The molecule has 0 saturated carbocycles. The average Bonchev–Trinajstić information content (AvgIpc) is 2.99. The molecule has 5 nitrogen and oxygen atoms in total. The van der Waals surface area contributed by atoms with Crippen LogP contribution in [-0.2, 0) is 0 Å². The summed E-state index contributed by atoms with van der Waals surface area (Å²) in [7, 11) is 3.95. The lowest BCUT2D eigenvalue weighted by Crippen LogP contribution is -2.18. The Hall–Kier alpha value is -2.73. The van der Waals surface area contributed by atoms with Gasteiger partial charge in [-0.25, -0.2) is 9.97 Å². The molecule has 0 spiro atoms. The van der Waals surface area contributed by atoms with E-state index in [4.69, 9.17) is 5.41 Å². The first-order valence-electron chi connectivity index (χ1n) is 7.49. The Morgan fingerprint density at radius 3 is 2.92 bits per heavy atom. The zero-order chi connectivity index (χ0) is 17.4. The summed E-state index contributed by atoms with van der Waals surface area (Å²) in [6.45, 7) is 4.40. The Morgan fingerprint density at radius 1 is 1.42 bits per heavy atom. The van der Waals surface area contributed by atoms with Crippen molar-refractivity contribution in [3.05, 3.63) is 61.1 Å². The van der Waals surface area contributed by atoms with Gasteiger partial charge in [-0.15, -0.1) is 11.3 Å². The van der Waals surface area contributed by atoms with E-state index in [1.807, 2.05) is 38.5 Å². The molecule has 2 rings (SSSR count). The van der Waals surface area contributed by atoms with Crippen molar-refractivity contribution in [1.82, 2.24) is 9.97 Å². The molecular weight excluding hydrogens is 318 g/mol. The fourth-order valence-electron chi connectivity index (χ4n) is 2.22. The Bertz CT molecular complexity index is 781. The van der Waals surface area contributed by atoms with Crippen LogP contribution >= 0.6 is 11.3 Å². The molecule has 24 heavy (non-hydrogen) atoms. The van der Waals surface area contributed by atoms with Gasteiger partial charge in [0.25, 0.3) is 0 Å². The molecule has 0 fully saturated rings. The Labute approximate surface area is 146 Å². The second-order valence-electron chi connectivity index (χ2n) is 4.97. The van der Waals surface area contributed by atoms with Crippen molar-refractivity contribution in [2.24, 2.45) is 0 Å². The normalized spacial score (nSPS) is 12.2. The highest BCUT2D eigenvalue weighted by Gasteiger charge is 2.15. The molecule has 0 aromatic carbocycles. The van der Waals surface area contributed by atoms with Crippen molar-refractivity contribution < 1.29 is 0 Å². The maximum atomic E-state index is 7.13. The summed E-state index contributed by atoms with van der Waals surface area (Å²) < 4.78 is 1.06. The molecular formula is C18H21N5S. The van der Waals surface area contributed by atoms with Crippen molar-refractivity contribution in [1.29, 1.82) is 5.41 Å². The molecule has 2 aromatic rings. The highest BCUT2D eigenvalue weighted by molar-refractivity contribution is 7.23.